The zero-order valence-corrected chi connectivity index (χ0v) is 15.8. The molecule has 0 amide bonds. The lowest BCUT2D eigenvalue weighted by Crippen LogP contribution is -2.13. The van der Waals surface area contributed by atoms with Crippen molar-refractivity contribution in [3.8, 4) is 17.2 Å². The summed E-state index contributed by atoms with van der Waals surface area (Å²) in [5.74, 6) is -2.06. The van der Waals surface area contributed by atoms with E-state index in [0.29, 0.717) is 15.8 Å². The van der Waals surface area contributed by atoms with Gasteiger partial charge in [0.2, 0.25) is 0 Å². The van der Waals surface area contributed by atoms with Crippen LogP contribution in [0.3, 0.4) is 0 Å². The maximum Gasteiger partial charge on any atom is 0.338 e. The van der Waals surface area contributed by atoms with Crippen LogP contribution in [0.25, 0.3) is 10.8 Å². The molecule has 0 N–H and O–H groups in total. The molecular weight excluding hydrogens is 372 g/mol. The summed E-state index contributed by atoms with van der Waals surface area (Å²) in [6.07, 6.45) is 0. The average molecular weight is 389 g/mol. The van der Waals surface area contributed by atoms with Crippen molar-refractivity contribution in [2.24, 2.45) is 0 Å². The molecule has 7 heteroatoms. The molecule has 0 aliphatic carbocycles. The number of fused-ring (bicyclic) bond motifs is 1. The lowest BCUT2D eigenvalue weighted by Gasteiger charge is -2.16. The van der Waals surface area contributed by atoms with E-state index >= 15 is 0 Å². The summed E-state index contributed by atoms with van der Waals surface area (Å²) < 4.78 is 15.9. The van der Waals surface area contributed by atoms with Crippen LogP contribution in [-0.2, 0) is 14.4 Å². The third-order valence-electron chi connectivity index (χ3n) is 3.33. The normalized spacial score (nSPS) is 10.2. The van der Waals surface area contributed by atoms with Gasteiger partial charge in [-0.05, 0) is 32.0 Å². The topological polar surface area (TPSA) is 78.9 Å². The molecule has 0 unspecified atom stereocenters. The second-order valence-corrected chi connectivity index (χ2v) is 6.26. The van der Waals surface area contributed by atoms with Gasteiger partial charge < -0.3 is 14.2 Å². The molecule has 0 spiro atoms. The number of benzene rings is 2. The van der Waals surface area contributed by atoms with Crippen LogP contribution in [0.1, 0.15) is 20.8 Å². The summed E-state index contributed by atoms with van der Waals surface area (Å²) in [6, 6.07) is 5.94. The molecule has 0 fully saturated rings. The minimum atomic E-state index is -0.732. The SMILES string of the molecule is C=C(C)C(=O)Oc1cc(OC(C)=O)c2cc(Cl)ccc2c1OC(=O)C(=C)C. The van der Waals surface area contributed by atoms with Crippen LogP contribution in [-0.4, -0.2) is 17.9 Å². The Morgan fingerprint density at radius 1 is 0.815 bits per heavy atom. The molecule has 0 bridgehead atoms. The van der Waals surface area contributed by atoms with Gasteiger partial charge in [0.25, 0.3) is 0 Å². The first-order valence-corrected chi connectivity index (χ1v) is 8.18. The molecule has 0 heterocycles. The number of rotatable bonds is 5. The average Bonchev–Trinajstić information content (AvgIpc) is 2.57. The first-order valence-electron chi connectivity index (χ1n) is 7.80. The van der Waals surface area contributed by atoms with Gasteiger partial charge in [-0.1, -0.05) is 24.8 Å². The third-order valence-corrected chi connectivity index (χ3v) is 3.56. The van der Waals surface area contributed by atoms with Crippen molar-refractivity contribution in [1.82, 2.24) is 0 Å². The fourth-order valence-electron chi connectivity index (χ4n) is 2.10. The van der Waals surface area contributed by atoms with Crippen molar-refractivity contribution < 1.29 is 28.6 Å². The molecule has 0 radical (unpaired) electrons. The summed E-state index contributed by atoms with van der Waals surface area (Å²) in [5, 5.41) is 1.13. The van der Waals surface area contributed by atoms with Gasteiger partial charge >= 0.3 is 17.9 Å². The highest BCUT2D eigenvalue weighted by Gasteiger charge is 2.22. The highest BCUT2D eigenvalue weighted by molar-refractivity contribution is 6.31. The van der Waals surface area contributed by atoms with Gasteiger partial charge in [-0.15, -0.1) is 0 Å². The highest BCUT2D eigenvalue weighted by Crippen LogP contribution is 2.43. The van der Waals surface area contributed by atoms with Crippen LogP contribution in [0.15, 0.2) is 48.6 Å². The Balaban J connectivity index is 2.77. The molecule has 0 saturated carbocycles. The highest BCUT2D eigenvalue weighted by atomic mass is 35.5. The van der Waals surface area contributed by atoms with Crippen LogP contribution in [0.5, 0.6) is 17.2 Å². The molecular formula is C20H17ClO6. The lowest BCUT2D eigenvalue weighted by molar-refractivity contribution is -0.132. The Morgan fingerprint density at radius 2 is 1.41 bits per heavy atom. The van der Waals surface area contributed by atoms with E-state index in [-0.39, 0.29) is 28.4 Å². The Labute approximate surface area is 161 Å². The van der Waals surface area contributed by atoms with Crippen molar-refractivity contribution in [3.05, 3.63) is 53.6 Å². The number of hydrogen-bond acceptors (Lipinski definition) is 6. The standard InChI is InChI=1S/C20H17ClO6/c1-10(2)19(23)26-17-9-16(25-12(5)22)15-8-13(21)6-7-14(15)18(17)27-20(24)11(3)4/h6-9H,1,3H2,2,4-5H3. The van der Waals surface area contributed by atoms with Gasteiger partial charge in [0.05, 0.1) is 0 Å². The largest absolute Gasteiger partial charge is 0.426 e. The second kappa shape index (κ2) is 8.05. The van der Waals surface area contributed by atoms with Crippen molar-refractivity contribution in [2.45, 2.75) is 20.8 Å². The first-order chi connectivity index (χ1) is 12.6. The minimum Gasteiger partial charge on any atom is -0.426 e. The maximum atomic E-state index is 12.1. The van der Waals surface area contributed by atoms with Crippen LogP contribution in [0, 0.1) is 0 Å². The predicted octanol–water partition coefficient (Wildman–Crippen LogP) is 4.38. The number of halogens is 1. The van der Waals surface area contributed by atoms with E-state index < -0.39 is 17.9 Å². The van der Waals surface area contributed by atoms with Gasteiger partial charge in [-0.2, -0.15) is 0 Å². The smallest absolute Gasteiger partial charge is 0.338 e. The summed E-state index contributed by atoms with van der Waals surface area (Å²) in [6.45, 7) is 11.2. The number of hydrogen-bond donors (Lipinski definition) is 0. The first kappa shape index (κ1) is 20.2. The fourth-order valence-corrected chi connectivity index (χ4v) is 2.27. The summed E-state index contributed by atoms with van der Waals surface area (Å²) >= 11 is 6.04. The van der Waals surface area contributed by atoms with Gasteiger partial charge in [-0.3, -0.25) is 4.79 Å². The number of esters is 3. The van der Waals surface area contributed by atoms with Crippen molar-refractivity contribution in [3.63, 3.8) is 0 Å². The summed E-state index contributed by atoms with van der Waals surface area (Å²) in [7, 11) is 0. The van der Waals surface area contributed by atoms with Crippen molar-refractivity contribution in [2.75, 3.05) is 0 Å². The molecule has 2 rings (SSSR count). The molecule has 27 heavy (non-hydrogen) atoms. The van der Waals surface area contributed by atoms with Gasteiger partial charge in [0, 0.05) is 39.9 Å². The van der Waals surface area contributed by atoms with E-state index in [1.165, 1.54) is 32.9 Å². The molecule has 0 saturated heterocycles. The molecule has 0 aromatic heterocycles. The Morgan fingerprint density at radius 3 is 1.96 bits per heavy atom. The van der Waals surface area contributed by atoms with Gasteiger partial charge in [0.1, 0.15) is 5.75 Å². The number of carbonyl (C=O) groups is 3. The maximum absolute atomic E-state index is 12.1. The van der Waals surface area contributed by atoms with Gasteiger partial charge in [-0.25, -0.2) is 9.59 Å². The zero-order valence-electron chi connectivity index (χ0n) is 15.1. The number of carbonyl (C=O) groups excluding carboxylic acids is 3. The molecule has 2 aromatic carbocycles. The van der Waals surface area contributed by atoms with E-state index in [0.717, 1.165) is 0 Å². The third kappa shape index (κ3) is 4.74. The Bertz CT molecular complexity index is 990. The number of ether oxygens (including phenoxy) is 3. The quantitative estimate of drug-likeness (QED) is 0.429. The van der Waals surface area contributed by atoms with Gasteiger partial charge in [0.15, 0.2) is 11.5 Å². The van der Waals surface area contributed by atoms with Crippen molar-refractivity contribution >= 4 is 40.3 Å². The molecule has 6 nitrogen and oxygen atoms in total. The molecule has 0 aliphatic heterocycles. The second-order valence-electron chi connectivity index (χ2n) is 5.83. The monoisotopic (exact) mass is 388 g/mol. The molecule has 2 aromatic rings. The van der Waals surface area contributed by atoms with Crippen LogP contribution < -0.4 is 14.2 Å². The van der Waals surface area contributed by atoms with E-state index in [9.17, 15) is 14.4 Å². The zero-order chi connectivity index (χ0) is 20.3. The van der Waals surface area contributed by atoms with Crippen LogP contribution in [0.2, 0.25) is 5.02 Å². The summed E-state index contributed by atoms with van der Waals surface area (Å²) in [4.78, 5) is 35.5. The van der Waals surface area contributed by atoms with E-state index in [4.69, 9.17) is 25.8 Å². The van der Waals surface area contributed by atoms with Crippen LogP contribution >= 0.6 is 11.6 Å². The van der Waals surface area contributed by atoms with E-state index in [1.807, 2.05) is 0 Å². The Hall–Kier alpha value is -3.12. The molecule has 0 atom stereocenters. The Kier molecular flexibility index (Phi) is 6.02. The lowest BCUT2D eigenvalue weighted by atomic mass is 10.1. The minimum absolute atomic E-state index is 0.0276. The molecule has 0 aliphatic rings. The van der Waals surface area contributed by atoms with E-state index in [2.05, 4.69) is 13.2 Å². The molecule has 140 valence electrons. The summed E-state index contributed by atoms with van der Waals surface area (Å²) in [5.41, 5.74) is 0.288. The van der Waals surface area contributed by atoms with Crippen molar-refractivity contribution in [1.29, 1.82) is 0 Å². The van der Waals surface area contributed by atoms with E-state index in [1.54, 1.807) is 12.1 Å². The predicted molar refractivity (Wildman–Crippen MR) is 101 cm³/mol. The van der Waals surface area contributed by atoms with Crippen LogP contribution in [0.4, 0.5) is 0 Å². The fraction of sp³-hybridized carbons (Fsp3) is 0.150.